The van der Waals surface area contributed by atoms with E-state index in [0.717, 1.165) is 16.7 Å². The van der Waals surface area contributed by atoms with Gasteiger partial charge in [0.15, 0.2) is 5.76 Å². The number of aryl methyl sites for hydroxylation is 1. The number of carbonyl (C=O) groups is 2. The highest BCUT2D eigenvalue weighted by Gasteiger charge is 2.35. The number of aromatic nitrogens is 1. The number of furan rings is 1. The van der Waals surface area contributed by atoms with Crippen molar-refractivity contribution in [2.75, 3.05) is 13.1 Å². The van der Waals surface area contributed by atoms with E-state index in [1.165, 1.54) is 18.2 Å². The van der Waals surface area contributed by atoms with Crippen LogP contribution >= 0.6 is 0 Å². The molecule has 0 radical (unpaired) electrons. The summed E-state index contributed by atoms with van der Waals surface area (Å²) in [5.41, 5.74) is 4.06. The zero-order valence-corrected chi connectivity index (χ0v) is 18.0. The zero-order valence-electron chi connectivity index (χ0n) is 18.0. The van der Waals surface area contributed by atoms with Gasteiger partial charge in [0.25, 0.3) is 5.91 Å². The summed E-state index contributed by atoms with van der Waals surface area (Å²) < 4.78 is 19.5. The van der Waals surface area contributed by atoms with Gasteiger partial charge in [-0.25, -0.2) is 4.39 Å². The first-order valence-corrected chi connectivity index (χ1v) is 10.8. The van der Waals surface area contributed by atoms with Crippen LogP contribution in [-0.2, 0) is 11.2 Å². The topological polar surface area (TPSA) is 75.4 Å². The van der Waals surface area contributed by atoms with Gasteiger partial charge in [-0.2, -0.15) is 0 Å². The number of amides is 2. The number of benzene rings is 2. The lowest BCUT2D eigenvalue weighted by Crippen LogP contribution is -2.58. The Kier molecular flexibility index (Phi) is 5.38. The molecule has 1 atom stereocenters. The molecule has 2 amide bonds. The Bertz CT molecular complexity index is 1330. The second-order valence-electron chi connectivity index (χ2n) is 8.14. The summed E-state index contributed by atoms with van der Waals surface area (Å²) >= 11 is 0. The van der Waals surface area contributed by atoms with Crippen LogP contribution in [0.5, 0.6) is 0 Å². The number of halogens is 1. The molecule has 1 N–H and O–H groups in total. The molecule has 1 fully saturated rings. The Morgan fingerprint density at radius 3 is 2.61 bits per heavy atom. The third-order valence-electron chi connectivity index (χ3n) is 6.08. The maximum atomic E-state index is 13.7. The van der Waals surface area contributed by atoms with Crippen molar-refractivity contribution in [1.29, 1.82) is 0 Å². The second kappa shape index (κ2) is 8.50. The van der Waals surface area contributed by atoms with E-state index in [0.29, 0.717) is 36.0 Å². The fourth-order valence-electron chi connectivity index (χ4n) is 4.29. The molecule has 2 aromatic heterocycles. The van der Waals surface area contributed by atoms with Gasteiger partial charge in [0.1, 0.15) is 17.4 Å². The lowest BCUT2D eigenvalue weighted by molar-refractivity contribution is -0.127. The quantitative estimate of drug-likeness (QED) is 0.515. The fourth-order valence-corrected chi connectivity index (χ4v) is 4.29. The third kappa shape index (κ3) is 3.98. The summed E-state index contributed by atoms with van der Waals surface area (Å²) in [4.78, 5) is 31.7. The maximum Gasteiger partial charge on any atom is 0.290 e. The van der Waals surface area contributed by atoms with E-state index in [4.69, 9.17) is 4.42 Å². The Morgan fingerprint density at radius 2 is 1.85 bits per heavy atom. The average molecular weight is 443 g/mol. The number of nitrogens with one attached hydrogen (secondary N) is 1. The molecule has 1 aliphatic heterocycles. The number of rotatable bonds is 4. The normalized spacial score (nSPS) is 16.1. The molecule has 0 unspecified atom stereocenters. The Morgan fingerprint density at radius 1 is 1.12 bits per heavy atom. The highest BCUT2D eigenvalue weighted by Crippen LogP contribution is 2.28. The van der Waals surface area contributed by atoms with Crippen molar-refractivity contribution in [1.82, 2.24) is 15.2 Å². The van der Waals surface area contributed by atoms with E-state index >= 15 is 0 Å². The van der Waals surface area contributed by atoms with Crippen LogP contribution in [0.2, 0.25) is 0 Å². The van der Waals surface area contributed by atoms with Crippen LogP contribution < -0.4 is 5.32 Å². The van der Waals surface area contributed by atoms with Gasteiger partial charge in [0, 0.05) is 42.9 Å². The van der Waals surface area contributed by atoms with Gasteiger partial charge in [0.2, 0.25) is 5.91 Å². The summed E-state index contributed by atoms with van der Waals surface area (Å²) in [6.45, 7) is 2.47. The van der Waals surface area contributed by atoms with Gasteiger partial charge in [-0.05, 0) is 53.9 Å². The first-order valence-electron chi connectivity index (χ1n) is 10.8. The first kappa shape index (κ1) is 20.9. The smallest absolute Gasteiger partial charge is 0.290 e. The molecule has 166 valence electrons. The number of hydrogen-bond acceptors (Lipinski definition) is 4. The van der Waals surface area contributed by atoms with Crippen molar-refractivity contribution in [3.05, 3.63) is 89.7 Å². The Hall–Kier alpha value is -4.00. The van der Waals surface area contributed by atoms with Crippen molar-refractivity contribution in [2.45, 2.75) is 19.4 Å². The summed E-state index contributed by atoms with van der Waals surface area (Å²) in [5.74, 6) is -0.816. The number of piperazine rings is 1. The minimum Gasteiger partial charge on any atom is -0.451 e. The van der Waals surface area contributed by atoms with E-state index in [1.54, 1.807) is 24.2 Å². The van der Waals surface area contributed by atoms with Gasteiger partial charge in [-0.1, -0.05) is 24.3 Å². The molecule has 5 rings (SSSR count). The lowest BCUT2D eigenvalue weighted by Gasteiger charge is -2.34. The lowest BCUT2D eigenvalue weighted by atomic mass is 9.98. The first-order chi connectivity index (χ1) is 16.0. The van der Waals surface area contributed by atoms with Crippen LogP contribution in [0.1, 0.15) is 21.7 Å². The van der Waals surface area contributed by atoms with Crippen molar-refractivity contribution < 1.29 is 18.4 Å². The van der Waals surface area contributed by atoms with Crippen LogP contribution in [0.25, 0.3) is 22.1 Å². The van der Waals surface area contributed by atoms with E-state index in [-0.39, 0.29) is 17.6 Å². The molecule has 4 aromatic rings. The highest BCUT2D eigenvalue weighted by atomic mass is 19.1. The minimum absolute atomic E-state index is 0.142. The molecular weight excluding hydrogens is 421 g/mol. The summed E-state index contributed by atoms with van der Waals surface area (Å²) in [5, 5.41) is 3.41. The molecule has 1 saturated heterocycles. The van der Waals surface area contributed by atoms with E-state index in [1.807, 2.05) is 36.4 Å². The van der Waals surface area contributed by atoms with Crippen molar-refractivity contribution in [3.63, 3.8) is 0 Å². The molecule has 6 nitrogen and oxygen atoms in total. The molecule has 0 spiro atoms. The van der Waals surface area contributed by atoms with Crippen molar-refractivity contribution >= 4 is 22.8 Å². The standard InChI is InChI=1S/C26H22FN3O3/c1-16-21-15-20(27)6-7-23(21)33-24(16)26(32)30-13-12-29-25(31)22(30)14-17-2-4-18(5-3-17)19-8-10-28-11-9-19/h2-11,15,22H,12-14H2,1H3,(H,29,31)/t22-/m1/s1. The van der Waals surface area contributed by atoms with Crippen LogP contribution in [0, 0.1) is 12.7 Å². The predicted molar refractivity (Wildman–Crippen MR) is 122 cm³/mol. The van der Waals surface area contributed by atoms with E-state index in [9.17, 15) is 14.0 Å². The van der Waals surface area contributed by atoms with Gasteiger partial charge in [-0.3, -0.25) is 14.6 Å². The number of nitrogens with zero attached hydrogens (tertiary/aromatic N) is 2. The predicted octanol–water partition coefficient (Wildman–Crippen LogP) is 4.13. The van der Waals surface area contributed by atoms with Crippen molar-refractivity contribution in [3.8, 4) is 11.1 Å². The SMILES string of the molecule is Cc1c(C(=O)N2CCNC(=O)[C@H]2Cc2ccc(-c3ccncc3)cc2)oc2ccc(F)cc12. The fraction of sp³-hybridized carbons (Fsp3) is 0.192. The van der Waals surface area contributed by atoms with Crippen LogP contribution in [0.15, 0.2) is 71.4 Å². The minimum atomic E-state index is -0.664. The molecule has 3 heterocycles. The summed E-state index contributed by atoms with van der Waals surface area (Å²) in [6.07, 6.45) is 3.86. The molecule has 0 bridgehead atoms. The third-order valence-corrected chi connectivity index (χ3v) is 6.08. The molecule has 33 heavy (non-hydrogen) atoms. The van der Waals surface area contributed by atoms with E-state index in [2.05, 4.69) is 10.3 Å². The van der Waals surface area contributed by atoms with Crippen LogP contribution in [0.3, 0.4) is 0 Å². The molecule has 2 aromatic carbocycles. The van der Waals surface area contributed by atoms with Crippen LogP contribution in [0.4, 0.5) is 4.39 Å². The highest BCUT2D eigenvalue weighted by molar-refractivity contribution is 6.01. The number of fused-ring (bicyclic) bond motifs is 1. The average Bonchev–Trinajstić information content (AvgIpc) is 3.16. The second-order valence-corrected chi connectivity index (χ2v) is 8.14. The van der Waals surface area contributed by atoms with Crippen LogP contribution in [-0.4, -0.2) is 40.8 Å². The molecule has 7 heteroatoms. The van der Waals surface area contributed by atoms with Gasteiger partial charge < -0.3 is 14.6 Å². The van der Waals surface area contributed by atoms with Gasteiger partial charge in [0.05, 0.1) is 0 Å². The maximum absolute atomic E-state index is 13.7. The molecule has 0 saturated carbocycles. The summed E-state index contributed by atoms with van der Waals surface area (Å²) in [7, 11) is 0. The number of pyridine rings is 1. The number of carbonyl (C=O) groups excluding carboxylic acids is 2. The Labute approximate surface area is 190 Å². The number of hydrogen-bond donors (Lipinski definition) is 1. The summed E-state index contributed by atoms with van der Waals surface area (Å²) in [6, 6.07) is 15.3. The van der Waals surface area contributed by atoms with Crippen molar-refractivity contribution in [2.24, 2.45) is 0 Å². The molecule has 1 aliphatic rings. The van der Waals surface area contributed by atoms with Gasteiger partial charge in [-0.15, -0.1) is 0 Å². The zero-order chi connectivity index (χ0) is 22.9. The Balaban J connectivity index is 1.41. The largest absolute Gasteiger partial charge is 0.451 e. The van der Waals surface area contributed by atoms with Gasteiger partial charge >= 0.3 is 0 Å². The molecular formula is C26H22FN3O3. The molecule has 0 aliphatic carbocycles. The monoisotopic (exact) mass is 443 g/mol. The van der Waals surface area contributed by atoms with E-state index < -0.39 is 11.9 Å².